The summed E-state index contributed by atoms with van der Waals surface area (Å²) in [5.74, 6) is -2.96. The van der Waals surface area contributed by atoms with Crippen molar-refractivity contribution in [3.05, 3.63) is 101 Å². The Bertz CT molecular complexity index is 1240. The van der Waals surface area contributed by atoms with Crippen molar-refractivity contribution in [3.8, 4) is 11.1 Å². The second-order valence-corrected chi connectivity index (χ2v) is 7.57. The molecule has 3 aromatic rings. The molecule has 0 fully saturated rings. The van der Waals surface area contributed by atoms with Crippen molar-refractivity contribution in [1.29, 1.82) is 0 Å². The van der Waals surface area contributed by atoms with Crippen LogP contribution >= 0.6 is 0 Å². The first-order chi connectivity index (χ1) is 16.5. The van der Waals surface area contributed by atoms with Crippen LogP contribution in [-0.4, -0.2) is 36.2 Å². The molecule has 7 nitrogen and oxygen atoms in total. The van der Waals surface area contributed by atoms with Gasteiger partial charge < -0.3 is 15.2 Å². The number of fused-ring (bicyclic) bond motifs is 3. The maximum Gasteiger partial charge on any atom is 0.411 e. The number of ether oxygens (including phenoxy) is 1. The van der Waals surface area contributed by atoms with Crippen molar-refractivity contribution in [2.75, 3.05) is 18.5 Å². The number of carbonyl (C=O) groups is 3. The number of benzene rings is 3. The highest BCUT2D eigenvalue weighted by molar-refractivity contribution is 5.97. The molecule has 8 heteroatoms. The van der Waals surface area contributed by atoms with Crippen molar-refractivity contribution >= 4 is 23.7 Å². The van der Waals surface area contributed by atoms with Crippen LogP contribution in [0.4, 0.5) is 14.9 Å². The van der Waals surface area contributed by atoms with Gasteiger partial charge in [-0.2, -0.15) is 0 Å². The Kier molecular flexibility index (Phi) is 6.68. The zero-order valence-electron chi connectivity index (χ0n) is 18.0. The Hall–Kier alpha value is -4.46. The van der Waals surface area contributed by atoms with Gasteiger partial charge in [0.1, 0.15) is 6.61 Å². The molecule has 0 atom stereocenters. The number of hydrogen-bond donors (Lipinski definition) is 3. The molecule has 0 aromatic heterocycles. The molecule has 0 spiro atoms. The number of carbonyl (C=O) groups excluding carboxylic acids is 2. The lowest BCUT2D eigenvalue weighted by Crippen LogP contribution is -2.25. The molecule has 1 aliphatic carbocycles. The number of rotatable bonds is 7. The van der Waals surface area contributed by atoms with Crippen LogP contribution in [0.25, 0.3) is 11.1 Å². The van der Waals surface area contributed by atoms with Crippen LogP contribution in [0, 0.1) is 5.82 Å². The van der Waals surface area contributed by atoms with Gasteiger partial charge in [0.25, 0.3) is 5.91 Å². The molecule has 0 unspecified atom stereocenters. The molecule has 3 aromatic carbocycles. The minimum atomic E-state index is -1.16. The van der Waals surface area contributed by atoms with E-state index in [1.165, 1.54) is 24.3 Å². The highest BCUT2D eigenvalue weighted by Gasteiger charge is 2.29. The van der Waals surface area contributed by atoms with Gasteiger partial charge in [0, 0.05) is 18.5 Å². The molecule has 2 amide bonds. The number of aliphatic carboxylic acids is 1. The van der Waals surface area contributed by atoms with Crippen LogP contribution in [-0.2, 0) is 9.53 Å². The van der Waals surface area contributed by atoms with E-state index in [1.807, 2.05) is 48.5 Å². The zero-order valence-corrected chi connectivity index (χ0v) is 18.0. The first kappa shape index (κ1) is 22.7. The molecule has 0 saturated heterocycles. The maximum atomic E-state index is 14.8. The summed E-state index contributed by atoms with van der Waals surface area (Å²) >= 11 is 0. The van der Waals surface area contributed by atoms with Crippen molar-refractivity contribution in [2.24, 2.45) is 0 Å². The van der Waals surface area contributed by atoms with Crippen molar-refractivity contribution in [3.63, 3.8) is 0 Å². The number of carboxylic acid groups (broad SMARTS) is 1. The first-order valence-electron chi connectivity index (χ1n) is 10.5. The van der Waals surface area contributed by atoms with E-state index in [0.717, 1.165) is 28.3 Å². The number of nitrogens with one attached hydrogen (secondary N) is 2. The summed E-state index contributed by atoms with van der Waals surface area (Å²) in [7, 11) is 0. The van der Waals surface area contributed by atoms with Gasteiger partial charge in [-0.05, 0) is 34.4 Å². The van der Waals surface area contributed by atoms with E-state index in [9.17, 15) is 18.8 Å². The fourth-order valence-corrected chi connectivity index (χ4v) is 3.95. The van der Waals surface area contributed by atoms with Crippen molar-refractivity contribution in [1.82, 2.24) is 5.32 Å². The standard InChI is InChI=1S/C26H21FN2O5/c27-24-20(25(32)28-14-6-13-23(30)31)11-5-12-22(24)29-26(33)34-15-21-18-9-3-1-7-16(18)17-8-2-4-10-19(17)21/h1-13,21H,14-15H2,(H,28,32)(H,29,33)(H,30,31)/b13-6+. The fourth-order valence-electron chi connectivity index (χ4n) is 3.95. The Morgan fingerprint density at radius 1 is 0.941 bits per heavy atom. The third-order valence-electron chi connectivity index (χ3n) is 5.46. The number of hydrogen-bond acceptors (Lipinski definition) is 4. The van der Waals surface area contributed by atoms with E-state index in [2.05, 4.69) is 10.6 Å². The lowest BCUT2D eigenvalue weighted by atomic mass is 9.98. The Morgan fingerprint density at radius 2 is 1.59 bits per heavy atom. The molecule has 172 valence electrons. The summed E-state index contributed by atoms with van der Waals surface area (Å²) in [6.45, 7) is -0.0217. The SMILES string of the molecule is O=C(O)/C=C/CNC(=O)c1cccc(NC(=O)OCC2c3ccccc3-c3ccccc32)c1F. The lowest BCUT2D eigenvalue weighted by Gasteiger charge is -2.15. The molecular weight excluding hydrogens is 439 g/mol. The molecule has 4 rings (SSSR count). The summed E-state index contributed by atoms with van der Waals surface area (Å²) in [4.78, 5) is 35.1. The third kappa shape index (κ3) is 4.80. The van der Waals surface area contributed by atoms with Gasteiger partial charge in [-0.1, -0.05) is 60.7 Å². The molecular formula is C26H21FN2O5. The quantitative estimate of drug-likeness (QED) is 0.449. The van der Waals surface area contributed by atoms with Crippen LogP contribution in [0.5, 0.6) is 0 Å². The largest absolute Gasteiger partial charge is 0.478 e. The normalized spacial score (nSPS) is 12.1. The molecule has 34 heavy (non-hydrogen) atoms. The lowest BCUT2D eigenvalue weighted by molar-refractivity contribution is -0.131. The molecule has 0 aliphatic heterocycles. The van der Waals surface area contributed by atoms with E-state index in [1.54, 1.807) is 0 Å². The summed E-state index contributed by atoms with van der Waals surface area (Å²) in [5.41, 5.74) is 3.80. The van der Waals surface area contributed by atoms with Gasteiger partial charge >= 0.3 is 12.1 Å². The molecule has 1 aliphatic rings. The number of anilines is 1. The molecule has 3 N–H and O–H groups in total. The second kappa shape index (κ2) is 9.99. The van der Waals surface area contributed by atoms with E-state index in [4.69, 9.17) is 9.84 Å². The monoisotopic (exact) mass is 460 g/mol. The van der Waals surface area contributed by atoms with Crippen LogP contribution in [0.3, 0.4) is 0 Å². The third-order valence-corrected chi connectivity index (χ3v) is 5.46. The maximum absolute atomic E-state index is 14.8. The number of halogens is 1. The fraction of sp³-hybridized carbons (Fsp3) is 0.115. The van der Waals surface area contributed by atoms with E-state index in [0.29, 0.717) is 0 Å². The molecule has 0 heterocycles. The summed E-state index contributed by atoms with van der Waals surface area (Å²) in [5, 5.41) is 13.3. The van der Waals surface area contributed by atoms with Crippen LogP contribution in [0.2, 0.25) is 0 Å². The molecule has 0 radical (unpaired) electrons. The smallest absolute Gasteiger partial charge is 0.411 e. The first-order valence-corrected chi connectivity index (χ1v) is 10.5. The van der Waals surface area contributed by atoms with Gasteiger partial charge in [-0.3, -0.25) is 10.1 Å². The average molecular weight is 460 g/mol. The Morgan fingerprint density at radius 3 is 2.24 bits per heavy atom. The predicted molar refractivity (Wildman–Crippen MR) is 124 cm³/mol. The van der Waals surface area contributed by atoms with Gasteiger partial charge in [0.2, 0.25) is 0 Å². The summed E-state index contributed by atoms with van der Waals surface area (Å²) in [6.07, 6.45) is 1.24. The van der Waals surface area contributed by atoms with E-state index in [-0.39, 0.29) is 30.3 Å². The second-order valence-electron chi connectivity index (χ2n) is 7.57. The Labute approximate surface area is 194 Å². The highest BCUT2D eigenvalue weighted by atomic mass is 19.1. The van der Waals surface area contributed by atoms with Gasteiger partial charge in [-0.25, -0.2) is 14.0 Å². The van der Waals surface area contributed by atoms with Crippen LogP contribution < -0.4 is 10.6 Å². The molecule has 0 saturated carbocycles. The van der Waals surface area contributed by atoms with Crippen molar-refractivity contribution < 1.29 is 28.6 Å². The van der Waals surface area contributed by atoms with Crippen LogP contribution in [0.1, 0.15) is 27.4 Å². The van der Waals surface area contributed by atoms with Gasteiger partial charge in [0.15, 0.2) is 5.82 Å². The number of carboxylic acids is 1. The number of amides is 2. The highest BCUT2D eigenvalue weighted by Crippen LogP contribution is 2.44. The zero-order chi connectivity index (χ0) is 24.1. The van der Waals surface area contributed by atoms with Gasteiger partial charge in [0.05, 0.1) is 11.3 Å². The molecule has 0 bridgehead atoms. The minimum absolute atomic E-state index is 0.0670. The predicted octanol–water partition coefficient (Wildman–Crippen LogP) is 4.56. The van der Waals surface area contributed by atoms with Gasteiger partial charge in [-0.15, -0.1) is 0 Å². The van der Waals surface area contributed by atoms with Crippen molar-refractivity contribution in [2.45, 2.75) is 5.92 Å². The topological polar surface area (TPSA) is 105 Å². The Balaban J connectivity index is 1.41. The van der Waals surface area contributed by atoms with E-state index >= 15 is 0 Å². The minimum Gasteiger partial charge on any atom is -0.478 e. The average Bonchev–Trinajstić information content (AvgIpc) is 3.15. The van der Waals surface area contributed by atoms with Crippen LogP contribution in [0.15, 0.2) is 78.9 Å². The van der Waals surface area contributed by atoms with E-state index < -0.39 is 23.8 Å². The summed E-state index contributed by atoms with van der Waals surface area (Å²) < 4.78 is 20.2. The summed E-state index contributed by atoms with van der Waals surface area (Å²) in [6, 6.07) is 19.8.